The van der Waals surface area contributed by atoms with Gasteiger partial charge in [0.1, 0.15) is 5.75 Å². The van der Waals surface area contributed by atoms with Crippen LogP contribution >= 0.6 is 0 Å². The summed E-state index contributed by atoms with van der Waals surface area (Å²) in [4.78, 5) is 2.61. The lowest BCUT2D eigenvalue weighted by Crippen LogP contribution is -2.35. The van der Waals surface area contributed by atoms with Crippen LogP contribution in [0.3, 0.4) is 0 Å². The Balaban J connectivity index is 1.88. The molecule has 0 saturated carbocycles. The summed E-state index contributed by atoms with van der Waals surface area (Å²) >= 11 is 0. The molecule has 1 fully saturated rings. The molecule has 3 aromatic rings. The molecule has 2 N–H and O–H groups in total. The van der Waals surface area contributed by atoms with Crippen molar-refractivity contribution < 1.29 is 14.9 Å². The Bertz CT molecular complexity index is 1040. The monoisotopic (exact) mass is 363 g/mol. The van der Waals surface area contributed by atoms with Gasteiger partial charge in [0.05, 0.1) is 20.3 Å². The van der Waals surface area contributed by atoms with E-state index in [1.165, 1.54) is 46.7 Å². The van der Waals surface area contributed by atoms with E-state index in [1.807, 2.05) is 6.07 Å². The van der Waals surface area contributed by atoms with E-state index >= 15 is 0 Å². The first kappa shape index (κ1) is 17.0. The number of fused-ring (bicyclic) bond motifs is 7. The number of rotatable bonds is 3. The minimum Gasteiger partial charge on any atom is -0.496 e. The molecular formula is C23H25NO3. The summed E-state index contributed by atoms with van der Waals surface area (Å²) in [6.07, 6.45) is 3.64. The number of aliphatic hydroxyl groups excluding tert-OH is 2. The van der Waals surface area contributed by atoms with Crippen LogP contribution in [0.2, 0.25) is 0 Å². The van der Waals surface area contributed by atoms with Crippen molar-refractivity contribution >= 4 is 21.5 Å². The molecule has 2 aliphatic heterocycles. The van der Waals surface area contributed by atoms with Crippen LogP contribution in [0, 0.1) is 0 Å². The molecule has 0 aliphatic carbocycles. The van der Waals surface area contributed by atoms with Crippen LogP contribution in [0.25, 0.3) is 21.5 Å². The van der Waals surface area contributed by atoms with Gasteiger partial charge in [-0.1, -0.05) is 12.1 Å². The molecule has 1 unspecified atom stereocenters. The van der Waals surface area contributed by atoms with Crippen LogP contribution in [0.5, 0.6) is 5.75 Å². The van der Waals surface area contributed by atoms with Crippen LogP contribution in [-0.4, -0.2) is 34.8 Å². The minimum absolute atomic E-state index is 0.0356. The Hall–Kier alpha value is -2.14. The maximum atomic E-state index is 9.82. The van der Waals surface area contributed by atoms with Crippen molar-refractivity contribution in [2.75, 3.05) is 13.7 Å². The van der Waals surface area contributed by atoms with Crippen molar-refractivity contribution in [3.8, 4) is 5.75 Å². The predicted octanol–water partition coefficient (Wildman–Crippen LogP) is 3.51. The van der Waals surface area contributed by atoms with Crippen LogP contribution in [0.4, 0.5) is 0 Å². The van der Waals surface area contributed by atoms with Crippen LogP contribution in [0.1, 0.15) is 35.1 Å². The van der Waals surface area contributed by atoms with Crippen molar-refractivity contribution in [1.29, 1.82) is 0 Å². The SMILES string of the molecule is COc1cc2c3c(c4ccc(CO)cc4c2cc1CO)CC1CCCN1C3. The smallest absolute Gasteiger partial charge is 0.125 e. The standard InChI is InChI=1S/C23H25NO3/c1-27-23-10-21-19(8-15(23)13-26)18-7-14(12-25)4-5-17(18)20-9-16-3-2-6-24(16)11-22(20)21/h4-5,7-8,10,16,25-26H,2-3,6,9,11-13H2,1H3. The van der Waals surface area contributed by atoms with E-state index in [0.29, 0.717) is 6.04 Å². The third kappa shape index (κ3) is 2.55. The highest BCUT2D eigenvalue weighted by atomic mass is 16.5. The molecule has 4 heteroatoms. The van der Waals surface area contributed by atoms with Crippen molar-refractivity contribution in [2.24, 2.45) is 0 Å². The molecule has 3 aromatic carbocycles. The minimum atomic E-state index is -0.0500. The van der Waals surface area contributed by atoms with Gasteiger partial charge in [0.2, 0.25) is 0 Å². The molecule has 0 amide bonds. The quantitative estimate of drug-likeness (QED) is 0.699. The Morgan fingerprint density at radius 1 is 1.00 bits per heavy atom. The molecule has 27 heavy (non-hydrogen) atoms. The largest absolute Gasteiger partial charge is 0.496 e. The number of hydrogen-bond donors (Lipinski definition) is 2. The first-order valence-corrected chi connectivity index (χ1v) is 9.76. The number of aliphatic hydroxyl groups is 2. The first-order chi connectivity index (χ1) is 13.2. The molecule has 0 spiro atoms. The Morgan fingerprint density at radius 2 is 1.85 bits per heavy atom. The van der Waals surface area contributed by atoms with Gasteiger partial charge >= 0.3 is 0 Å². The van der Waals surface area contributed by atoms with Gasteiger partial charge in [-0.3, -0.25) is 4.90 Å². The molecule has 2 aliphatic rings. The highest BCUT2D eigenvalue weighted by molar-refractivity contribution is 6.11. The summed E-state index contributed by atoms with van der Waals surface area (Å²) in [5, 5.41) is 24.3. The fourth-order valence-electron chi connectivity index (χ4n) is 5.10. The van der Waals surface area contributed by atoms with Gasteiger partial charge in [-0.05, 0) is 82.2 Å². The summed E-state index contributed by atoms with van der Waals surface area (Å²) < 4.78 is 5.57. The summed E-state index contributed by atoms with van der Waals surface area (Å²) in [5.74, 6) is 0.744. The van der Waals surface area contributed by atoms with E-state index in [-0.39, 0.29) is 13.2 Å². The molecule has 0 bridgehead atoms. The Labute approximate surface area is 159 Å². The normalized spacial score (nSPS) is 19.4. The topological polar surface area (TPSA) is 52.9 Å². The summed E-state index contributed by atoms with van der Waals surface area (Å²) in [5.41, 5.74) is 4.57. The zero-order chi connectivity index (χ0) is 18.5. The Morgan fingerprint density at radius 3 is 2.63 bits per heavy atom. The van der Waals surface area contributed by atoms with Gasteiger partial charge in [-0.2, -0.15) is 0 Å². The van der Waals surface area contributed by atoms with E-state index in [1.54, 1.807) is 7.11 Å². The van der Waals surface area contributed by atoms with E-state index in [9.17, 15) is 10.2 Å². The molecule has 0 aromatic heterocycles. The van der Waals surface area contributed by atoms with E-state index in [2.05, 4.69) is 29.2 Å². The zero-order valence-electron chi connectivity index (χ0n) is 15.7. The second-order valence-electron chi connectivity index (χ2n) is 7.83. The highest BCUT2D eigenvalue weighted by Gasteiger charge is 2.32. The molecular weight excluding hydrogens is 338 g/mol. The molecule has 1 atom stereocenters. The number of hydrogen-bond acceptors (Lipinski definition) is 4. The van der Waals surface area contributed by atoms with Gasteiger partial charge in [0.25, 0.3) is 0 Å². The fourth-order valence-corrected chi connectivity index (χ4v) is 5.10. The fraction of sp³-hybridized carbons (Fsp3) is 0.391. The number of methoxy groups -OCH3 is 1. The lowest BCUT2D eigenvalue weighted by molar-refractivity contribution is 0.229. The average Bonchev–Trinajstić information content (AvgIpc) is 3.18. The summed E-state index contributed by atoms with van der Waals surface area (Å²) in [6.45, 7) is 2.15. The lowest BCUT2D eigenvalue weighted by Gasteiger charge is -2.33. The second kappa shape index (κ2) is 6.48. The van der Waals surface area contributed by atoms with Crippen molar-refractivity contribution in [3.05, 3.63) is 52.6 Å². The number of ether oxygens (including phenoxy) is 1. The summed E-state index contributed by atoms with van der Waals surface area (Å²) in [6, 6.07) is 11.1. The number of nitrogens with zero attached hydrogens (tertiary/aromatic N) is 1. The van der Waals surface area contributed by atoms with Gasteiger partial charge < -0.3 is 14.9 Å². The van der Waals surface area contributed by atoms with Gasteiger partial charge in [-0.25, -0.2) is 0 Å². The van der Waals surface area contributed by atoms with Gasteiger partial charge in [-0.15, -0.1) is 0 Å². The molecule has 4 nitrogen and oxygen atoms in total. The summed E-state index contributed by atoms with van der Waals surface area (Å²) in [7, 11) is 1.66. The van der Waals surface area contributed by atoms with Gasteiger partial charge in [0, 0.05) is 18.2 Å². The van der Waals surface area contributed by atoms with E-state index in [0.717, 1.165) is 35.2 Å². The first-order valence-electron chi connectivity index (χ1n) is 9.76. The molecule has 2 heterocycles. The van der Waals surface area contributed by atoms with Crippen LogP contribution in [-0.2, 0) is 26.2 Å². The Kier molecular flexibility index (Phi) is 4.08. The van der Waals surface area contributed by atoms with Crippen LogP contribution in [0.15, 0.2) is 30.3 Å². The van der Waals surface area contributed by atoms with Crippen molar-refractivity contribution in [1.82, 2.24) is 4.90 Å². The molecule has 5 rings (SSSR count). The average molecular weight is 363 g/mol. The van der Waals surface area contributed by atoms with Crippen molar-refractivity contribution in [2.45, 2.75) is 45.1 Å². The second-order valence-corrected chi connectivity index (χ2v) is 7.83. The number of benzene rings is 3. The van der Waals surface area contributed by atoms with Crippen molar-refractivity contribution in [3.63, 3.8) is 0 Å². The molecule has 1 saturated heterocycles. The highest BCUT2D eigenvalue weighted by Crippen LogP contribution is 2.42. The predicted molar refractivity (Wildman–Crippen MR) is 107 cm³/mol. The third-order valence-corrected chi connectivity index (χ3v) is 6.46. The van der Waals surface area contributed by atoms with Crippen LogP contribution < -0.4 is 4.74 Å². The maximum Gasteiger partial charge on any atom is 0.125 e. The van der Waals surface area contributed by atoms with Gasteiger partial charge in [0.15, 0.2) is 0 Å². The zero-order valence-corrected chi connectivity index (χ0v) is 15.7. The van der Waals surface area contributed by atoms with E-state index < -0.39 is 0 Å². The lowest BCUT2D eigenvalue weighted by atomic mass is 9.84. The maximum absolute atomic E-state index is 9.82. The third-order valence-electron chi connectivity index (χ3n) is 6.46. The molecule has 0 radical (unpaired) electrons. The molecule has 140 valence electrons. The van der Waals surface area contributed by atoms with E-state index in [4.69, 9.17) is 4.74 Å².